The predicted molar refractivity (Wildman–Crippen MR) is 64.2 cm³/mol. The maximum Gasteiger partial charge on any atom is 0.354 e. The summed E-state index contributed by atoms with van der Waals surface area (Å²) in [7, 11) is 2.55. The zero-order valence-corrected chi connectivity index (χ0v) is 11.3. The molecule has 5 nitrogen and oxygen atoms in total. The summed E-state index contributed by atoms with van der Waals surface area (Å²) in [5, 5.41) is 0. The van der Waals surface area contributed by atoms with E-state index in [2.05, 4.69) is 9.47 Å². The Kier molecular flexibility index (Phi) is 6.31. The third-order valence-corrected chi connectivity index (χ3v) is 2.24. The third kappa shape index (κ3) is 4.46. The van der Waals surface area contributed by atoms with Gasteiger partial charge in [-0.15, -0.1) is 0 Å². The molecule has 0 saturated heterocycles. The molecule has 0 aromatic rings. The highest BCUT2D eigenvalue weighted by Gasteiger charge is 2.24. The number of hydrogen-bond donors (Lipinski definition) is 0. The summed E-state index contributed by atoms with van der Waals surface area (Å²) < 4.78 is 9.22. The Morgan fingerprint density at radius 1 is 1.00 bits per heavy atom. The van der Waals surface area contributed by atoms with E-state index < -0.39 is 11.9 Å². The lowest BCUT2D eigenvalue weighted by atomic mass is 10.2. The van der Waals surface area contributed by atoms with Crippen LogP contribution in [0.4, 0.5) is 0 Å². The SMILES string of the molecule is COC(=O)/C=C(/C(=O)OC)N(C(C)C)C(C)C. The lowest BCUT2D eigenvalue weighted by Gasteiger charge is -2.33. The summed E-state index contributed by atoms with van der Waals surface area (Å²) in [6, 6.07) is 0.148. The van der Waals surface area contributed by atoms with Crippen LogP contribution in [0.2, 0.25) is 0 Å². The Morgan fingerprint density at radius 2 is 1.47 bits per heavy atom. The number of nitrogens with zero attached hydrogens (tertiary/aromatic N) is 1. The van der Waals surface area contributed by atoms with Crippen LogP contribution in [0, 0.1) is 0 Å². The van der Waals surface area contributed by atoms with Crippen LogP contribution in [0.1, 0.15) is 27.7 Å². The van der Waals surface area contributed by atoms with Gasteiger partial charge in [0.05, 0.1) is 20.3 Å². The first-order valence-corrected chi connectivity index (χ1v) is 5.51. The van der Waals surface area contributed by atoms with Crippen LogP contribution in [-0.2, 0) is 19.1 Å². The minimum atomic E-state index is -0.572. The molecule has 0 aliphatic rings. The topological polar surface area (TPSA) is 55.8 Å². The second-order valence-corrected chi connectivity index (χ2v) is 4.14. The molecule has 0 fully saturated rings. The van der Waals surface area contributed by atoms with Crippen molar-refractivity contribution < 1.29 is 19.1 Å². The van der Waals surface area contributed by atoms with Crippen molar-refractivity contribution in [3.63, 3.8) is 0 Å². The molecule has 98 valence electrons. The number of rotatable bonds is 5. The van der Waals surface area contributed by atoms with Crippen LogP contribution in [-0.4, -0.2) is 43.1 Å². The maximum absolute atomic E-state index is 11.7. The summed E-state index contributed by atoms with van der Waals surface area (Å²) in [5.41, 5.74) is 0.212. The van der Waals surface area contributed by atoms with Crippen molar-refractivity contribution in [1.82, 2.24) is 4.90 Å². The molecule has 5 heteroatoms. The normalized spacial score (nSPS) is 11.6. The van der Waals surface area contributed by atoms with Gasteiger partial charge in [-0.05, 0) is 27.7 Å². The van der Waals surface area contributed by atoms with Crippen molar-refractivity contribution in [3.05, 3.63) is 11.8 Å². The van der Waals surface area contributed by atoms with Gasteiger partial charge in [0.15, 0.2) is 0 Å². The fraction of sp³-hybridized carbons (Fsp3) is 0.667. The molecular weight excluding hydrogens is 222 g/mol. The smallest absolute Gasteiger partial charge is 0.354 e. The van der Waals surface area contributed by atoms with Gasteiger partial charge in [0, 0.05) is 12.1 Å². The van der Waals surface area contributed by atoms with Gasteiger partial charge in [-0.25, -0.2) is 9.59 Å². The molecule has 0 rings (SSSR count). The number of carbonyl (C=O) groups excluding carboxylic acids is 2. The van der Waals surface area contributed by atoms with Gasteiger partial charge in [0.1, 0.15) is 5.70 Å². The van der Waals surface area contributed by atoms with Crippen LogP contribution in [0.25, 0.3) is 0 Å². The monoisotopic (exact) mass is 243 g/mol. The summed E-state index contributed by atoms with van der Waals surface area (Å²) in [6.45, 7) is 7.75. The fourth-order valence-corrected chi connectivity index (χ4v) is 1.67. The second kappa shape index (κ2) is 6.93. The van der Waals surface area contributed by atoms with Crippen LogP contribution in [0.3, 0.4) is 0 Å². The molecule has 0 atom stereocenters. The highest BCUT2D eigenvalue weighted by atomic mass is 16.5. The molecular formula is C12H21NO4. The van der Waals surface area contributed by atoms with E-state index in [4.69, 9.17) is 0 Å². The van der Waals surface area contributed by atoms with E-state index in [1.165, 1.54) is 14.2 Å². The first-order valence-electron chi connectivity index (χ1n) is 5.51. The first-order chi connectivity index (χ1) is 7.84. The van der Waals surface area contributed by atoms with E-state index in [1.807, 2.05) is 32.6 Å². The van der Waals surface area contributed by atoms with Gasteiger partial charge in [-0.1, -0.05) is 0 Å². The Labute approximate surface area is 102 Å². The quantitative estimate of drug-likeness (QED) is 0.538. The van der Waals surface area contributed by atoms with Gasteiger partial charge >= 0.3 is 11.9 Å². The number of carbonyl (C=O) groups is 2. The standard InChI is InChI=1S/C12H21NO4/c1-8(2)13(9(3)4)10(12(15)17-6)7-11(14)16-5/h7-9H,1-6H3/b10-7-. The third-order valence-electron chi connectivity index (χ3n) is 2.24. The molecule has 0 aliphatic heterocycles. The molecule has 0 aromatic heterocycles. The van der Waals surface area contributed by atoms with Crippen molar-refractivity contribution in [2.24, 2.45) is 0 Å². The van der Waals surface area contributed by atoms with E-state index >= 15 is 0 Å². The molecule has 0 saturated carbocycles. The summed E-state index contributed by atoms with van der Waals surface area (Å²) >= 11 is 0. The minimum absolute atomic E-state index is 0.0741. The molecule has 0 heterocycles. The van der Waals surface area contributed by atoms with E-state index in [9.17, 15) is 9.59 Å². The average Bonchev–Trinajstić information content (AvgIpc) is 2.25. The average molecular weight is 243 g/mol. The van der Waals surface area contributed by atoms with Crippen LogP contribution in [0.15, 0.2) is 11.8 Å². The molecule has 0 bridgehead atoms. The molecule has 0 spiro atoms. The number of methoxy groups -OCH3 is 2. The summed E-state index contributed by atoms with van der Waals surface area (Å²) in [4.78, 5) is 24.7. The van der Waals surface area contributed by atoms with Crippen molar-refractivity contribution in [2.45, 2.75) is 39.8 Å². The zero-order valence-electron chi connectivity index (χ0n) is 11.3. The Hall–Kier alpha value is -1.52. The Balaban J connectivity index is 5.35. The van der Waals surface area contributed by atoms with Gasteiger partial charge < -0.3 is 14.4 Å². The second-order valence-electron chi connectivity index (χ2n) is 4.14. The van der Waals surface area contributed by atoms with Gasteiger partial charge in [0.2, 0.25) is 0 Å². The lowest BCUT2D eigenvalue weighted by molar-refractivity contribution is -0.140. The van der Waals surface area contributed by atoms with Crippen LogP contribution < -0.4 is 0 Å². The molecule has 0 aliphatic carbocycles. The highest BCUT2D eigenvalue weighted by molar-refractivity contribution is 5.95. The van der Waals surface area contributed by atoms with E-state index in [-0.39, 0.29) is 17.8 Å². The summed E-state index contributed by atoms with van der Waals surface area (Å²) in [6.07, 6.45) is 1.16. The highest BCUT2D eigenvalue weighted by Crippen LogP contribution is 2.15. The van der Waals surface area contributed by atoms with Crippen molar-refractivity contribution in [1.29, 1.82) is 0 Å². The van der Waals surface area contributed by atoms with Crippen LogP contribution >= 0.6 is 0 Å². The first kappa shape index (κ1) is 15.5. The van der Waals surface area contributed by atoms with Gasteiger partial charge in [0.25, 0.3) is 0 Å². The van der Waals surface area contributed by atoms with Gasteiger partial charge in [-0.3, -0.25) is 0 Å². The minimum Gasteiger partial charge on any atom is -0.466 e. The van der Waals surface area contributed by atoms with E-state index in [0.29, 0.717) is 0 Å². The number of hydrogen-bond acceptors (Lipinski definition) is 5. The Morgan fingerprint density at radius 3 is 1.76 bits per heavy atom. The zero-order chi connectivity index (χ0) is 13.6. The molecule has 0 radical (unpaired) electrons. The number of ether oxygens (including phenoxy) is 2. The molecule has 0 unspecified atom stereocenters. The summed E-state index contributed by atoms with van der Waals surface area (Å²) in [5.74, 6) is -1.12. The van der Waals surface area contributed by atoms with Crippen molar-refractivity contribution in [2.75, 3.05) is 14.2 Å². The van der Waals surface area contributed by atoms with E-state index in [0.717, 1.165) is 6.08 Å². The fourth-order valence-electron chi connectivity index (χ4n) is 1.67. The molecule has 0 N–H and O–H groups in total. The van der Waals surface area contributed by atoms with Crippen molar-refractivity contribution >= 4 is 11.9 Å². The van der Waals surface area contributed by atoms with E-state index in [1.54, 1.807) is 0 Å². The van der Waals surface area contributed by atoms with Crippen LogP contribution in [0.5, 0.6) is 0 Å². The Bertz CT molecular complexity index is 300. The predicted octanol–water partition coefficient (Wildman–Crippen LogP) is 1.34. The van der Waals surface area contributed by atoms with Gasteiger partial charge in [-0.2, -0.15) is 0 Å². The maximum atomic E-state index is 11.7. The molecule has 17 heavy (non-hydrogen) atoms. The number of esters is 2. The lowest BCUT2D eigenvalue weighted by Crippen LogP contribution is -2.39. The largest absolute Gasteiger partial charge is 0.466 e. The molecule has 0 aromatic carbocycles. The molecule has 0 amide bonds. The van der Waals surface area contributed by atoms with Crippen molar-refractivity contribution in [3.8, 4) is 0 Å².